The Balaban J connectivity index is 2.65. The topological polar surface area (TPSA) is 41.8 Å². The number of nitrogens with one attached hydrogen (secondary N) is 1. The van der Waals surface area contributed by atoms with Crippen molar-refractivity contribution < 1.29 is 4.52 Å². The summed E-state index contributed by atoms with van der Waals surface area (Å²) in [5, 5.41) is 6.22. The molecule has 0 radical (unpaired) electrons. The Bertz CT molecular complexity index is 615. The Hall–Kier alpha value is -1.77. The number of aromatic nitrogens is 2. The molecule has 0 bridgehead atoms. The molecule has 0 aliphatic rings. The molecule has 0 aliphatic carbocycles. The molecular weight excluding hydrogens is 176 g/mol. The average Bonchev–Trinajstić information content (AvgIpc) is 2.68. The van der Waals surface area contributed by atoms with Crippen LogP contribution < -0.4 is 0 Å². The number of aryl methyl sites for hydroxylation is 2. The first-order valence-electron chi connectivity index (χ1n) is 4.60. The first-order chi connectivity index (χ1) is 6.77. The zero-order valence-electron chi connectivity index (χ0n) is 8.09. The Morgan fingerprint density at radius 2 is 2.14 bits per heavy atom. The highest BCUT2D eigenvalue weighted by Crippen LogP contribution is 2.29. The Morgan fingerprint density at radius 1 is 1.29 bits per heavy atom. The van der Waals surface area contributed by atoms with Crippen LogP contribution in [-0.2, 0) is 0 Å². The lowest BCUT2D eigenvalue weighted by Gasteiger charge is -1.93. The van der Waals surface area contributed by atoms with Gasteiger partial charge in [-0.2, -0.15) is 0 Å². The minimum absolute atomic E-state index is 0.770. The van der Waals surface area contributed by atoms with E-state index in [0.29, 0.717) is 0 Å². The number of benzene rings is 1. The molecule has 0 spiro atoms. The summed E-state index contributed by atoms with van der Waals surface area (Å²) in [6.07, 6.45) is 0. The second-order valence-corrected chi connectivity index (χ2v) is 3.59. The van der Waals surface area contributed by atoms with Gasteiger partial charge in [-0.15, -0.1) is 0 Å². The molecule has 2 heterocycles. The third-order valence-corrected chi connectivity index (χ3v) is 2.64. The molecule has 1 aromatic carbocycles. The molecule has 0 fully saturated rings. The van der Waals surface area contributed by atoms with E-state index in [1.54, 1.807) is 0 Å². The van der Waals surface area contributed by atoms with Crippen molar-refractivity contribution in [3.63, 3.8) is 0 Å². The zero-order valence-corrected chi connectivity index (χ0v) is 8.09. The second-order valence-electron chi connectivity index (χ2n) is 3.59. The van der Waals surface area contributed by atoms with E-state index in [1.165, 1.54) is 10.9 Å². The van der Waals surface area contributed by atoms with Crippen LogP contribution in [0.25, 0.3) is 22.0 Å². The molecule has 3 nitrogen and oxygen atoms in total. The lowest BCUT2D eigenvalue weighted by Crippen LogP contribution is -1.75. The van der Waals surface area contributed by atoms with Crippen LogP contribution in [0.2, 0.25) is 0 Å². The van der Waals surface area contributed by atoms with Crippen LogP contribution in [0.3, 0.4) is 0 Å². The van der Waals surface area contributed by atoms with E-state index in [1.807, 2.05) is 6.92 Å². The van der Waals surface area contributed by atoms with Crippen LogP contribution in [0.5, 0.6) is 0 Å². The van der Waals surface area contributed by atoms with E-state index in [0.717, 1.165) is 22.3 Å². The smallest absolute Gasteiger partial charge is 0.237 e. The van der Waals surface area contributed by atoms with E-state index < -0.39 is 0 Å². The molecule has 3 aromatic rings. The van der Waals surface area contributed by atoms with Gasteiger partial charge in [0.15, 0.2) is 0 Å². The number of rotatable bonds is 0. The van der Waals surface area contributed by atoms with Gasteiger partial charge in [-0.25, -0.2) is 0 Å². The number of aromatic amines is 1. The highest BCUT2D eigenvalue weighted by Gasteiger charge is 2.11. The first-order valence-corrected chi connectivity index (χ1v) is 4.60. The molecule has 70 valence electrons. The minimum Gasteiger partial charge on any atom is -0.338 e. The first kappa shape index (κ1) is 7.62. The van der Waals surface area contributed by atoms with E-state index in [9.17, 15) is 0 Å². The number of hydrogen-bond acceptors (Lipinski definition) is 2. The number of para-hydroxylation sites is 1. The van der Waals surface area contributed by atoms with Crippen LogP contribution in [0.1, 0.15) is 11.3 Å². The number of hydrogen-bond donors (Lipinski definition) is 1. The molecule has 14 heavy (non-hydrogen) atoms. The summed E-state index contributed by atoms with van der Waals surface area (Å²) in [6, 6.07) is 6.23. The molecule has 3 rings (SSSR count). The zero-order chi connectivity index (χ0) is 9.71. The van der Waals surface area contributed by atoms with Gasteiger partial charge < -0.3 is 9.51 Å². The molecule has 0 saturated heterocycles. The maximum Gasteiger partial charge on any atom is 0.237 e. The van der Waals surface area contributed by atoms with Crippen molar-refractivity contribution in [1.29, 1.82) is 0 Å². The van der Waals surface area contributed by atoms with Crippen LogP contribution in [-0.4, -0.2) is 10.1 Å². The second kappa shape index (κ2) is 2.38. The van der Waals surface area contributed by atoms with E-state index >= 15 is 0 Å². The summed E-state index contributed by atoms with van der Waals surface area (Å²) in [7, 11) is 0. The molecular formula is C11H10N2O. The molecule has 0 saturated carbocycles. The largest absolute Gasteiger partial charge is 0.338 e. The standard InChI is InChI=1S/C11H10N2O/c1-6-4-3-5-8-9-7(2)13-14-11(9)12-10(6)8/h3-5,12H,1-2H3. The summed E-state index contributed by atoms with van der Waals surface area (Å²) >= 11 is 0. The van der Waals surface area contributed by atoms with Gasteiger partial charge in [-0.1, -0.05) is 23.4 Å². The predicted molar refractivity (Wildman–Crippen MR) is 55.3 cm³/mol. The van der Waals surface area contributed by atoms with E-state index in [4.69, 9.17) is 4.52 Å². The normalized spacial score (nSPS) is 11.6. The predicted octanol–water partition coefficient (Wildman–Crippen LogP) is 2.93. The lowest BCUT2D eigenvalue weighted by atomic mass is 10.1. The highest BCUT2D eigenvalue weighted by molar-refractivity contribution is 6.07. The van der Waals surface area contributed by atoms with Gasteiger partial charge in [0.05, 0.1) is 16.6 Å². The highest BCUT2D eigenvalue weighted by atomic mass is 16.5. The maximum absolute atomic E-state index is 5.18. The quantitative estimate of drug-likeness (QED) is 0.586. The number of fused-ring (bicyclic) bond motifs is 3. The summed E-state index contributed by atoms with van der Waals surface area (Å²) in [4.78, 5) is 3.24. The molecule has 1 N–H and O–H groups in total. The van der Waals surface area contributed by atoms with Gasteiger partial charge >= 0.3 is 0 Å². The minimum atomic E-state index is 0.770. The maximum atomic E-state index is 5.18. The lowest BCUT2D eigenvalue weighted by molar-refractivity contribution is 0.444. The van der Waals surface area contributed by atoms with E-state index in [2.05, 4.69) is 35.3 Å². The summed E-state index contributed by atoms with van der Waals surface area (Å²) < 4.78 is 5.18. The molecule has 0 atom stereocenters. The molecule has 0 amide bonds. The fourth-order valence-corrected chi connectivity index (χ4v) is 1.93. The SMILES string of the molecule is Cc1cccc2c1[nH]c1onc(C)c12. The summed E-state index contributed by atoms with van der Waals surface area (Å²) in [5.74, 6) is 0. The molecule has 2 aromatic heterocycles. The molecule has 3 heteroatoms. The Morgan fingerprint density at radius 3 is 3.00 bits per heavy atom. The van der Waals surface area contributed by atoms with Crippen molar-refractivity contribution in [1.82, 2.24) is 10.1 Å². The Labute approximate surface area is 80.7 Å². The number of nitrogens with zero attached hydrogens (tertiary/aromatic N) is 1. The number of H-pyrrole nitrogens is 1. The van der Waals surface area contributed by atoms with Crippen LogP contribution in [0.15, 0.2) is 22.7 Å². The van der Waals surface area contributed by atoms with Crippen molar-refractivity contribution in [3.05, 3.63) is 29.5 Å². The van der Waals surface area contributed by atoms with Crippen molar-refractivity contribution in [2.45, 2.75) is 13.8 Å². The van der Waals surface area contributed by atoms with Gasteiger partial charge in [-0.3, -0.25) is 0 Å². The van der Waals surface area contributed by atoms with Gasteiger partial charge in [0.25, 0.3) is 0 Å². The van der Waals surface area contributed by atoms with Crippen molar-refractivity contribution in [2.24, 2.45) is 0 Å². The molecule has 0 unspecified atom stereocenters. The summed E-state index contributed by atoms with van der Waals surface area (Å²) in [6.45, 7) is 4.04. The van der Waals surface area contributed by atoms with Gasteiger partial charge in [0, 0.05) is 5.39 Å². The average molecular weight is 186 g/mol. The fourth-order valence-electron chi connectivity index (χ4n) is 1.93. The van der Waals surface area contributed by atoms with Gasteiger partial charge in [0.1, 0.15) is 0 Å². The van der Waals surface area contributed by atoms with E-state index in [-0.39, 0.29) is 0 Å². The van der Waals surface area contributed by atoms with Crippen LogP contribution in [0, 0.1) is 13.8 Å². The Kier molecular flexibility index (Phi) is 1.29. The summed E-state index contributed by atoms with van der Waals surface area (Å²) in [5.41, 5.74) is 4.09. The van der Waals surface area contributed by atoms with Crippen LogP contribution >= 0.6 is 0 Å². The monoisotopic (exact) mass is 186 g/mol. The molecule has 0 aliphatic heterocycles. The van der Waals surface area contributed by atoms with Crippen molar-refractivity contribution in [3.8, 4) is 0 Å². The fraction of sp³-hybridized carbons (Fsp3) is 0.182. The third-order valence-electron chi connectivity index (χ3n) is 2.64. The third kappa shape index (κ3) is 0.789. The van der Waals surface area contributed by atoms with Gasteiger partial charge in [0.2, 0.25) is 5.71 Å². The van der Waals surface area contributed by atoms with Gasteiger partial charge in [-0.05, 0) is 19.4 Å². The van der Waals surface area contributed by atoms with Crippen LogP contribution in [0.4, 0.5) is 0 Å². The van der Waals surface area contributed by atoms with Crippen molar-refractivity contribution >= 4 is 22.0 Å². The van der Waals surface area contributed by atoms with Crippen molar-refractivity contribution in [2.75, 3.05) is 0 Å².